The molecular formula is C13H26O2. The maximum Gasteiger partial charge on any atom is 0.0593 e. The van der Waals surface area contributed by atoms with Crippen LogP contribution in [-0.4, -0.2) is 22.4 Å². The summed E-state index contributed by atoms with van der Waals surface area (Å²) in [6.07, 6.45) is 9.48. The van der Waals surface area contributed by atoms with Crippen molar-refractivity contribution in [1.29, 1.82) is 0 Å². The summed E-state index contributed by atoms with van der Waals surface area (Å²) in [5.41, 5.74) is 0. The normalized spacial score (nSPS) is 32.2. The summed E-state index contributed by atoms with van der Waals surface area (Å²) >= 11 is 0. The molecule has 15 heavy (non-hydrogen) atoms. The SMILES string of the molecule is CCC(O)C1CCCCCCCCC1O. The zero-order chi connectivity index (χ0) is 11.1. The molecule has 2 heteroatoms. The van der Waals surface area contributed by atoms with E-state index in [1.165, 1.54) is 32.1 Å². The van der Waals surface area contributed by atoms with Crippen molar-refractivity contribution < 1.29 is 10.2 Å². The molecule has 0 spiro atoms. The Kier molecular flexibility index (Phi) is 6.26. The average Bonchev–Trinajstić information content (AvgIpc) is 2.26. The van der Waals surface area contributed by atoms with Crippen molar-refractivity contribution in [2.45, 2.75) is 76.9 Å². The lowest BCUT2D eigenvalue weighted by Gasteiger charge is -2.28. The first-order valence-corrected chi connectivity index (χ1v) is 6.61. The van der Waals surface area contributed by atoms with Crippen LogP contribution < -0.4 is 0 Å². The van der Waals surface area contributed by atoms with E-state index >= 15 is 0 Å². The van der Waals surface area contributed by atoms with Crippen LogP contribution in [0.1, 0.15) is 64.7 Å². The summed E-state index contributed by atoms with van der Waals surface area (Å²) < 4.78 is 0. The van der Waals surface area contributed by atoms with Crippen molar-refractivity contribution in [1.82, 2.24) is 0 Å². The summed E-state index contributed by atoms with van der Waals surface area (Å²) in [4.78, 5) is 0. The van der Waals surface area contributed by atoms with Crippen LogP contribution in [0, 0.1) is 5.92 Å². The summed E-state index contributed by atoms with van der Waals surface area (Å²) in [6, 6.07) is 0. The predicted molar refractivity (Wildman–Crippen MR) is 62.7 cm³/mol. The van der Waals surface area contributed by atoms with Gasteiger partial charge in [-0.2, -0.15) is 0 Å². The molecule has 0 aromatic rings. The lowest BCUT2D eigenvalue weighted by Crippen LogP contribution is -2.31. The van der Waals surface area contributed by atoms with Gasteiger partial charge in [-0.1, -0.05) is 45.4 Å². The monoisotopic (exact) mass is 214 g/mol. The molecule has 90 valence electrons. The van der Waals surface area contributed by atoms with Gasteiger partial charge in [0.25, 0.3) is 0 Å². The fraction of sp³-hybridized carbons (Fsp3) is 1.00. The maximum absolute atomic E-state index is 10.0. The van der Waals surface area contributed by atoms with Crippen LogP contribution in [-0.2, 0) is 0 Å². The molecule has 1 rings (SSSR count). The van der Waals surface area contributed by atoms with Crippen LogP contribution >= 0.6 is 0 Å². The summed E-state index contributed by atoms with van der Waals surface area (Å²) in [6.45, 7) is 2.00. The molecule has 1 fully saturated rings. The Labute approximate surface area is 93.7 Å². The second-order valence-corrected chi connectivity index (χ2v) is 4.91. The van der Waals surface area contributed by atoms with E-state index in [0.29, 0.717) is 0 Å². The number of rotatable bonds is 2. The fourth-order valence-corrected chi connectivity index (χ4v) is 2.60. The molecule has 1 aliphatic carbocycles. The third kappa shape index (κ3) is 4.52. The lowest BCUT2D eigenvalue weighted by atomic mass is 9.85. The highest BCUT2D eigenvalue weighted by molar-refractivity contribution is 4.76. The third-order valence-corrected chi connectivity index (χ3v) is 3.69. The van der Waals surface area contributed by atoms with Crippen molar-refractivity contribution in [2.24, 2.45) is 5.92 Å². The third-order valence-electron chi connectivity index (χ3n) is 3.69. The Morgan fingerprint density at radius 3 is 2.13 bits per heavy atom. The van der Waals surface area contributed by atoms with Gasteiger partial charge in [-0.3, -0.25) is 0 Å². The van der Waals surface area contributed by atoms with E-state index in [9.17, 15) is 10.2 Å². The van der Waals surface area contributed by atoms with Crippen LogP contribution in [0.3, 0.4) is 0 Å². The Morgan fingerprint density at radius 1 is 1.00 bits per heavy atom. The highest BCUT2D eigenvalue weighted by Gasteiger charge is 2.25. The first-order chi connectivity index (χ1) is 7.25. The molecule has 0 saturated heterocycles. The van der Waals surface area contributed by atoms with Gasteiger partial charge in [0.2, 0.25) is 0 Å². The maximum atomic E-state index is 10.0. The molecule has 3 unspecified atom stereocenters. The van der Waals surface area contributed by atoms with Crippen molar-refractivity contribution in [2.75, 3.05) is 0 Å². The lowest BCUT2D eigenvalue weighted by molar-refractivity contribution is -0.000827. The zero-order valence-corrected chi connectivity index (χ0v) is 9.99. The smallest absolute Gasteiger partial charge is 0.0593 e. The number of hydrogen-bond acceptors (Lipinski definition) is 2. The molecule has 0 aromatic carbocycles. The van der Waals surface area contributed by atoms with Gasteiger partial charge in [0.15, 0.2) is 0 Å². The minimum atomic E-state index is -0.306. The van der Waals surface area contributed by atoms with Crippen LogP contribution in [0.4, 0.5) is 0 Å². The molecule has 2 N–H and O–H groups in total. The predicted octanol–water partition coefficient (Wildman–Crippen LogP) is 2.87. The molecule has 0 heterocycles. The van der Waals surface area contributed by atoms with Crippen molar-refractivity contribution >= 4 is 0 Å². The highest BCUT2D eigenvalue weighted by Crippen LogP contribution is 2.25. The van der Waals surface area contributed by atoms with E-state index in [4.69, 9.17) is 0 Å². The molecule has 0 aromatic heterocycles. The number of aliphatic hydroxyl groups is 2. The van der Waals surface area contributed by atoms with Crippen LogP contribution in [0.5, 0.6) is 0 Å². The minimum absolute atomic E-state index is 0.119. The standard InChI is InChI=1S/C13H26O2/c1-2-12(14)11-9-7-5-3-4-6-8-10-13(11)15/h11-15H,2-10H2,1H3. The summed E-state index contributed by atoms with van der Waals surface area (Å²) in [5, 5.41) is 19.9. The first kappa shape index (κ1) is 13.0. The summed E-state index contributed by atoms with van der Waals surface area (Å²) in [7, 11) is 0. The van der Waals surface area contributed by atoms with Gasteiger partial charge in [0.05, 0.1) is 12.2 Å². The Hall–Kier alpha value is -0.0800. The minimum Gasteiger partial charge on any atom is -0.393 e. The Balaban J connectivity index is 2.46. The molecule has 0 aliphatic heterocycles. The largest absolute Gasteiger partial charge is 0.393 e. The number of hydrogen-bond donors (Lipinski definition) is 2. The molecular weight excluding hydrogens is 188 g/mol. The molecule has 3 atom stereocenters. The van der Waals surface area contributed by atoms with E-state index in [1.807, 2.05) is 6.92 Å². The first-order valence-electron chi connectivity index (χ1n) is 6.61. The topological polar surface area (TPSA) is 40.5 Å². The van der Waals surface area contributed by atoms with Crippen LogP contribution in [0.2, 0.25) is 0 Å². The second kappa shape index (κ2) is 7.24. The molecule has 2 nitrogen and oxygen atoms in total. The van der Waals surface area contributed by atoms with E-state index < -0.39 is 0 Å². The van der Waals surface area contributed by atoms with E-state index in [0.717, 1.165) is 25.7 Å². The van der Waals surface area contributed by atoms with Crippen molar-refractivity contribution in [3.8, 4) is 0 Å². The number of aliphatic hydroxyl groups excluding tert-OH is 2. The molecule has 0 bridgehead atoms. The zero-order valence-electron chi connectivity index (χ0n) is 9.99. The average molecular weight is 214 g/mol. The van der Waals surface area contributed by atoms with Gasteiger partial charge in [0.1, 0.15) is 0 Å². The van der Waals surface area contributed by atoms with Crippen LogP contribution in [0.25, 0.3) is 0 Å². The summed E-state index contributed by atoms with van der Waals surface area (Å²) in [5.74, 6) is 0.119. The molecule has 1 aliphatic rings. The van der Waals surface area contributed by atoms with Gasteiger partial charge in [0, 0.05) is 5.92 Å². The van der Waals surface area contributed by atoms with Crippen LogP contribution in [0.15, 0.2) is 0 Å². The van der Waals surface area contributed by atoms with E-state index in [-0.39, 0.29) is 18.1 Å². The van der Waals surface area contributed by atoms with Gasteiger partial charge >= 0.3 is 0 Å². The highest BCUT2D eigenvalue weighted by atomic mass is 16.3. The van der Waals surface area contributed by atoms with Crippen molar-refractivity contribution in [3.05, 3.63) is 0 Å². The Morgan fingerprint density at radius 2 is 1.53 bits per heavy atom. The fourth-order valence-electron chi connectivity index (χ4n) is 2.60. The van der Waals surface area contributed by atoms with Gasteiger partial charge in [-0.25, -0.2) is 0 Å². The quantitative estimate of drug-likeness (QED) is 0.742. The second-order valence-electron chi connectivity index (χ2n) is 4.91. The Bertz CT molecular complexity index is 159. The van der Waals surface area contributed by atoms with Crippen molar-refractivity contribution in [3.63, 3.8) is 0 Å². The van der Waals surface area contributed by atoms with E-state index in [1.54, 1.807) is 0 Å². The molecule has 0 amide bonds. The molecule has 1 saturated carbocycles. The van der Waals surface area contributed by atoms with Gasteiger partial charge < -0.3 is 10.2 Å². The van der Waals surface area contributed by atoms with Gasteiger partial charge in [-0.05, 0) is 19.3 Å². The van der Waals surface area contributed by atoms with Gasteiger partial charge in [-0.15, -0.1) is 0 Å². The van der Waals surface area contributed by atoms with E-state index in [2.05, 4.69) is 0 Å². The molecule has 0 radical (unpaired) electrons.